The summed E-state index contributed by atoms with van der Waals surface area (Å²) in [5, 5.41) is 0. The second-order valence-corrected chi connectivity index (χ2v) is 14.1. The van der Waals surface area contributed by atoms with E-state index >= 15 is 8.78 Å². The lowest BCUT2D eigenvalue weighted by molar-refractivity contribution is -0.0605. The zero-order chi connectivity index (χ0) is 31.0. The number of nitrogens with zero attached hydrogens (tertiary/aromatic N) is 7. The number of rotatable bonds is 2. The summed E-state index contributed by atoms with van der Waals surface area (Å²) < 4.78 is 92.7. The van der Waals surface area contributed by atoms with E-state index in [0.717, 1.165) is 23.5 Å². The molecule has 0 aromatic carbocycles. The molecule has 0 spiro atoms. The van der Waals surface area contributed by atoms with Crippen molar-refractivity contribution in [1.29, 1.82) is 0 Å². The molecule has 0 saturated carbocycles. The summed E-state index contributed by atoms with van der Waals surface area (Å²) in [6, 6.07) is 0. The number of aromatic amines is 1. The smallest absolute Gasteiger partial charge is 0.382 e. The van der Waals surface area contributed by atoms with Crippen LogP contribution in [0, 0.1) is 0 Å². The number of nitrogens with one attached hydrogen (secondary N) is 1. The number of ether oxygens (including phenoxy) is 2. The van der Waals surface area contributed by atoms with Gasteiger partial charge in [-0.05, 0) is 0 Å². The first kappa shape index (κ1) is 29.8. The Labute approximate surface area is 248 Å². The van der Waals surface area contributed by atoms with E-state index in [4.69, 9.17) is 33.3 Å². The molecule has 236 valence electrons. The van der Waals surface area contributed by atoms with Crippen LogP contribution in [0.15, 0.2) is 30.1 Å². The second-order valence-electron chi connectivity index (χ2n) is 9.83. The Morgan fingerprint density at radius 2 is 1.50 bits per heavy atom. The zero-order valence-electron chi connectivity index (χ0n) is 21.8. The first-order chi connectivity index (χ1) is 20.9. The highest BCUT2D eigenvalue weighted by molar-refractivity contribution is 8.44. The molecule has 7 rings (SSSR count). The molecule has 4 aromatic rings. The minimum Gasteiger partial charge on any atom is -0.382 e. The van der Waals surface area contributed by atoms with Crippen molar-refractivity contribution in [3.63, 3.8) is 0 Å². The minimum absolute atomic E-state index is 0.0157. The molecular formula is C20H21F2N9O10P2S. The quantitative estimate of drug-likeness (QED) is 0.170. The van der Waals surface area contributed by atoms with Gasteiger partial charge in [0, 0.05) is 0 Å². The molecule has 7 heterocycles. The van der Waals surface area contributed by atoms with Crippen LogP contribution in [0.2, 0.25) is 0 Å². The predicted octanol–water partition coefficient (Wildman–Crippen LogP) is 0.968. The van der Waals surface area contributed by atoms with E-state index in [2.05, 4.69) is 42.2 Å². The molecule has 3 aliphatic heterocycles. The number of nitrogen functional groups attached to an aromatic ring is 1. The number of hydrogen-bond acceptors (Lipinski definition) is 15. The van der Waals surface area contributed by atoms with Crippen LogP contribution >= 0.6 is 26.9 Å². The fraction of sp³-hybridized carbons (Fsp3) is 0.500. The summed E-state index contributed by atoms with van der Waals surface area (Å²) in [6.07, 6.45) is -9.45. The number of aromatic nitrogens is 8. The monoisotopic (exact) mass is 679 g/mol. The van der Waals surface area contributed by atoms with E-state index in [1.165, 1.54) is 10.9 Å². The number of H-pyrrole nitrogens is 1. The molecule has 3 aliphatic rings. The largest absolute Gasteiger partial charge is 0.472 e. The van der Waals surface area contributed by atoms with E-state index in [0.29, 0.717) is 0 Å². The minimum atomic E-state index is -5.10. The number of thiol groups is 1. The van der Waals surface area contributed by atoms with Gasteiger partial charge in [0.25, 0.3) is 5.56 Å². The molecule has 4 N–H and O–H groups in total. The average Bonchev–Trinajstić information content (AvgIpc) is 3.73. The molecule has 4 aromatic heterocycles. The van der Waals surface area contributed by atoms with Gasteiger partial charge >= 0.3 is 14.6 Å². The van der Waals surface area contributed by atoms with Crippen LogP contribution in [0.1, 0.15) is 12.5 Å². The van der Waals surface area contributed by atoms with Gasteiger partial charge in [0.2, 0.25) is 0 Å². The van der Waals surface area contributed by atoms with E-state index in [1.54, 1.807) is 0 Å². The molecular weight excluding hydrogens is 658 g/mol. The van der Waals surface area contributed by atoms with Crippen LogP contribution in [-0.4, -0.2) is 93.9 Å². The molecule has 44 heavy (non-hydrogen) atoms. The Hall–Kier alpha value is -2.91. The second kappa shape index (κ2) is 10.9. The van der Waals surface area contributed by atoms with Gasteiger partial charge < -0.3 is 25.1 Å². The highest BCUT2D eigenvalue weighted by Gasteiger charge is 2.54. The molecule has 4 unspecified atom stereocenters. The molecule has 0 amide bonds. The lowest BCUT2D eigenvalue weighted by atomic mass is 10.1. The number of fused-ring (bicyclic) bond motifs is 4. The maximum Gasteiger partial charge on any atom is 0.472 e. The summed E-state index contributed by atoms with van der Waals surface area (Å²) >= 11 is 3.94. The third kappa shape index (κ3) is 5.14. The predicted molar refractivity (Wildman–Crippen MR) is 144 cm³/mol. The van der Waals surface area contributed by atoms with E-state index in [1.807, 2.05) is 0 Å². The molecule has 3 saturated heterocycles. The van der Waals surface area contributed by atoms with Crippen LogP contribution in [0.25, 0.3) is 22.3 Å². The number of anilines is 1. The summed E-state index contributed by atoms with van der Waals surface area (Å²) in [7, 11) is -5.10. The molecule has 0 aliphatic carbocycles. The Kier molecular flexibility index (Phi) is 7.35. The fourth-order valence-electron chi connectivity index (χ4n) is 5.17. The lowest BCUT2D eigenvalue weighted by Crippen LogP contribution is -2.37. The Morgan fingerprint density at radius 1 is 0.909 bits per heavy atom. The Bertz CT molecular complexity index is 1900. The van der Waals surface area contributed by atoms with E-state index in [9.17, 15) is 18.8 Å². The summed E-state index contributed by atoms with van der Waals surface area (Å²) in [5.74, 6) is 0.0157. The van der Waals surface area contributed by atoms with Gasteiger partial charge in [0.1, 0.15) is 36.3 Å². The normalized spacial score (nSPS) is 38.3. The Morgan fingerprint density at radius 3 is 2.18 bits per heavy atom. The van der Waals surface area contributed by atoms with Crippen molar-refractivity contribution in [2.75, 3.05) is 18.9 Å². The maximum atomic E-state index is 15.9. The first-order valence-corrected chi connectivity index (χ1v) is 16.9. The van der Waals surface area contributed by atoms with Crippen molar-refractivity contribution >= 4 is 55.0 Å². The van der Waals surface area contributed by atoms with Crippen LogP contribution in [-0.2, 0) is 36.7 Å². The number of alkyl halides is 2. The highest BCUT2D eigenvalue weighted by atomic mass is 32.7. The van der Waals surface area contributed by atoms with Gasteiger partial charge in [-0.1, -0.05) is 12.2 Å². The number of phosphoric acid groups is 1. The van der Waals surface area contributed by atoms with Crippen LogP contribution in [0.5, 0.6) is 0 Å². The van der Waals surface area contributed by atoms with Crippen molar-refractivity contribution < 1.29 is 50.4 Å². The topological polar surface area (TPSA) is 243 Å². The SMILES string of the molecule is Nc1ncnc2c1ncn2[C@@H]1OC2COP(=O)(S)O[C@@H]3C(COP(=O)(O)O[C@H]2[C@H]1F)O[C@@H](n1cnc2c(=O)[nH]cnc21)[C@@H]3F. The number of nitrogens with two attached hydrogens (primary N) is 1. The van der Waals surface area contributed by atoms with Crippen molar-refractivity contribution in [1.82, 2.24) is 39.0 Å². The lowest BCUT2D eigenvalue weighted by Gasteiger charge is -2.27. The summed E-state index contributed by atoms with van der Waals surface area (Å²) in [6.45, 7) is -6.06. The Balaban J connectivity index is 1.17. The number of hydrogen-bond donors (Lipinski definition) is 4. The van der Waals surface area contributed by atoms with Gasteiger partial charge in [0.05, 0.1) is 32.2 Å². The van der Waals surface area contributed by atoms with Gasteiger partial charge in [-0.3, -0.25) is 32.0 Å². The van der Waals surface area contributed by atoms with Crippen LogP contribution in [0.4, 0.5) is 14.6 Å². The number of halogens is 2. The van der Waals surface area contributed by atoms with Gasteiger partial charge in [0.15, 0.2) is 47.4 Å². The summed E-state index contributed by atoms with van der Waals surface area (Å²) in [5.41, 5.74) is 5.28. The molecule has 0 bridgehead atoms. The van der Waals surface area contributed by atoms with E-state index < -0.39 is 82.6 Å². The molecule has 19 nitrogen and oxygen atoms in total. The van der Waals surface area contributed by atoms with Crippen molar-refractivity contribution in [2.45, 2.75) is 49.2 Å². The van der Waals surface area contributed by atoms with Crippen LogP contribution < -0.4 is 11.3 Å². The standard InChI is InChI=1S/C20H21F2N9O10P2S/c21-9-13-8(39-19(9)30-5-28-11-15(23)24-3-25-16(11)30)2-37-43(35,44)41-14-7(1-36-42(33,34)40-13)38-20(10(14)22)31-6-29-12-17(31)26-4-27-18(12)32/h3-10,13-14,19-20H,1-2H2,(H,33,34)(H,35,44)(H2,23,24,25)(H,26,27,32)/t7?,8?,9-,10-,13-,14-,19-,20-,43?/m1/s1. The molecule has 3 fully saturated rings. The molecule has 24 heteroatoms. The zero-order valence-corrected chi connectivity index (χ0v) is 24.5. The summed E-state index contributed by atoms with van der Waals surface area (Å²) in [4.78, 5) is 44.7. The maximum absolute atomic E-state index is 15.9. The third-order valence-corrected chi connectivity index (χ3v) is 9.75. The van der Waals surface area contributed by atoms with E-state index in [-0.39, 0.29) is 28.1 Å². The van der Waals surface area contributed by atoms with Crippen molar-refractivity contribution in [3.8, 4) is 0 Å². The fourth-order valence-corrected chi connectivity index (χ4v) is 7.60. The van der Waals surface area contributed by atoms with Gasteiger partial charge in [-0.2, -0.15) is 0 Å². The number of phosphoric ester groups is 1. The molecule has 0 radical (unpaired) electrons. The van der Waals surface area contributed by atoms with Crippen molar-refractivity contribution in [2.24, 2.45) is 0 Å². The number of imidazole rings is 2. The average molecular weight is 679 g/mol. The van der Waals surface area contributed by atoms with Crippen LogP contribution in [0.3, 0.4) is 0 Å². The molecule has 10 atom stereocenters. The van der Waals surface area contributed by atoms with Gasteiger partial charge in [-0.15, -0.1) is 0 Å². The van der Waals surface area contributed by atoms with Crippen molar-refractivity contribution in [3.05, 3.63) is 35.7 Å². The third-order valence-electron chi connectivity index (χ3n) is 7.15. The van der Waals surface area contributed by atoms with Gasteiger partial charge in [-0.25, -0.2) is 42.8 Å². The first-order valence-electron chi connectivity index (χ1n) is 12.7. The highest BCUT2D eigenvalue weighted by Crippen LogP contribution is 2.58.